The van der Waals surface area contributed by atoms with E-state index in [0.717, 1.165) is 52.1 Å². The topological polar surface area (TPSA) is 36.0 Å². The van der Waals surface area contributed by atoms with Crippen molar-refractivity contribution in [2.24, 2.45) is 0 Å². The molecule has 2 rings (SSSR count). The van der Waals surface area contributed by atoms with E-state index >= 15 is 0 Å². The first-order valence-electron chi connectivity index (χ1n) is 7.42. The van der Waals surface area contributed by atoms with Crippen LogP contribution in [0.5, 0.6) is 0 Å². The van der Waals surface area contributed by atoms with Gasteiger partial charge in [-0.05, 0) is 26.7 Å². The van der Waals surface area contributed by atoms with Crippen LogP contribution in [0.15, 0.2) is 0 Å². The summed E-state index contributed by atoms with van der Waals surface area (Å²) in [5, 5.41) is 0. The summed E-state index contributed by atoms with van der Waals surface area (Å²) in [6.07, 6.45) is 2.27. The number of rotatable bonds is 2. The third-order valence-corrected chi connectivity index (χ3v) is 4.36. The van der Waals surface area contributed by atoms with Crippen LogP contribution in [0.3, 0.4) is 0 Å². The summed E-state index contributed by atoms with van der Waals surface area (Å²) < 4.78 is 5.35. The standard InChI is InChI=1S/C14H27N3O2/c1-12(2)15-8-10-17(11-9-15)14(18)16-6-4-13(19-3)5-7-16/h12-13H,4-11H2,1-3H3. The second-order valence-electron chi connectivity index (χ2n) is 5.82. The van der Waals surface area contributed by atoms with Gasteiger partial charge in [0.15, 0.2) is 0 Å². The number of likely N-dealkylation sites (tertiary alicyclic amines) is 1. The van der Waals surface area contributed by atoms with Gasteiger partial charge in [-0.1, -0.05) is 0 Å². The summed E-state index contributed by atoms with van der Waals surface area (Å²) in [6, 6.07) is 0.799. The molecular formula is C14H27N3O2. The number of hydrogen-bond acceptors (Lipinski definition) is 3. The molecule has 0 bridgehead atoms. The SMILES string of the molecule is COC1CCN(C(=O)N2CCN(C(C)C)CC2)CC1. The lowest BCUT2D eigenvalue weighted by molar-refractivity contribution is 0.0394. The number of carbonyl (C=O) groups excluding carboxylic acids is 1. The summed E-state index contributed by atoms with van der Waals surface area (Å²) in [5.41, 5.74) is 0. The van der Waals surface area contributed by atoms with Crippen LogP contribution in [-0.2, 0) is 4.74 Å². The van der Waals surface area contributed by atoms with Gasteiger partial charge in [0.25, 0.3) is 0 Å². The summed E-state index contributed by atoms with van der Waals surface area (Å²) in [5.74, 6) is 0. The van der Waals surface area contributed by atoms with E-state index in [9.17, 15) is 4.79 Å². The fraction of sp³-hybridized carbons (Fsp3) is 0.929. The maximum absolute atomic E-state index is 12.4. The van der Waals surface area contributed by atoms with Gasteiger partial charge in [0.2, 0.25) is 0 Å². The van der Waals surface area contributed by atoms with Crippen molar-refractivity contribution in [1.82, 2.24) is 14.7 Å². The quantitative estimate of drug-likeness (QED) is 0.757. The maximum atomic E-state index is 12.4. The predicted molar refractivity (Wildman–Crippen MR) is 75.3 cm³/mol. The molecule has 0 atom stereocenters. The Morgan fingerprint density at radius 2 is 1.53 bits per heavy atom. The molecule has 110 valence electrons. The van der Waals surface area contributed by atoms with Gasteiger partial charge in [0.1, 0.15) is 0 Å². The molecule has 0 radical (unpaired) electrons. The first-order chi connectivity index (χ1) is 9.11. The molecule has 2 saturated heterocycles. The zero-order valence-electron chi connectivity index (χ0n) is 12.5. The number of carbonyl (C=O) groups is 1. The van der Waals surface area contributed by atoms with E-state index in [1.807, 2.05) is 9.80 Å². The third-order valence-electron chi connectivity index (χ3n) is 4.36. The van der Waals surface area contributed by atoms with Crippen LogP contribution in [0.2, 0.25) is 0 Å². The van der Waals surface area contributed by atoms with Gasteiger partial charge in [-0.3, -0.25) is 4.90 Å². The van der Waals surface area contributed by atoms with Gasteiger partial charge < -0.3 is 14.5 Å². The van der Waals surface area contributed by atoms with Crippen molar-refractivity contribution in [2.75, 3.05) is 46.4 Å². The van der Waals surface area contributed by atoms with Crippen molar-refractivity contribution in [3.05, 3.63) is 0 Å². The molecule has 0 aliphatic carbocycles. The van der Waals surface area contributed by atoms with Crippen LogP contribution in [0.1, 0.15) is 26.7 Å². The monoisotopic (exact) mass is 269 g/mol. The van der Waals surface area contributed by atoms with Gasteiger partial charge in [-0.2, -0.15) is 0 Å². The van der Waals surface area contributed by atoms with Gasteiger partial charge in [-0.25, -0.2) is 4.79 Å². The number of ether oxygens (including phenoxy) is 1. The molecule has 0 aromatic rings. The van der Waals surface area contributed by atoms with Gasteiger partial charge in [-0.15, -0.1) is 0 Å². The van der Waals surface area contributed by atoms with Gasteiger partial charge in [0.05, 0.1) is 6.10 Å². The Labute approximate surface area is 116 Å². The minimum Gasteiger partial charge on any atom is -0.381 e. The summed E-state index contributed by atoms with van der Waals surface area (Å²) in [7, 11) is 1.76. The molecule has 0 aromatic heterocycles. The van der Waals surface area contributed by atoms with E-state index in [0.29, 0.717) is 12.1 Å². The van der Waals surface area contributed by atoms with E-state index in [1.165, 1.54) is 0 Å². The Kier molecular flexibility index (Phi) is 5.05. The molecular weight excluding hydrogens is 242 g/mol. The molecule has 0 spiro atoms. The Balaban J connectivity index is 1.78. The molecule has 2 heterocycles. The molecule has 2 fully saturated rings. The van der Waals surface area contributed by atoms with E-state index < -0.39 is 0 Å². The zero-order chi connectivity index (χ0) is 13.8. The van der Waals surface area contributed by atoms with Crippen molar-refractivity contribution in [2.45, 2.75) is 38.8 Å². The highest BCUT2D eigenvalue weighted by Crippen LogP contribution is 2.16. The number of nitrogens with zero attached hydrogens (tertiary/aromatic N) is 3. The third kappa shape index (κ3) is 3.60. The summed E-state index contributed by atoms with van der Waals surface area (Å²) in [6.45, 7) is 9.82. The first-order valence-corrected chi connectivity index (χ1v) is 7.42. The van der Waals surface area contributed by atoms with Crippen LogP contribution >= 0.6 is 0 Å². The number of piperazine rings is 1. The first kappa shape index (κ1) is 14.6. The second kappa shape index (κ2) is 6.57. The molecule has 0 aromatic carbocycles. The second-order valence-corrected chi connectivity index (χ2v) is 5.82. The Bertz CT molecular complexity index is 293. The molecule has 5 heteroatoms. The average Bonchev–Trinajstić information content (AvgIpc) is 2.46. The molecule has 0 N–H and O–H groups in total. The lowest BCUT2D eigenvalue weighted by Gasteiger charge is -2.40. The lowest BCUT2D eigenvalue weighted by Crippen LogP contribution is -2.55. The lowest BCUT2D eigenvalue weighted by atomic mass is 10.1. The molecule has 0 unspecified atom stereocenters. The highest BCUT2D eigenvalue weighted by Gasteiger charge is 2.28. The van der Waals surface area contributed by atoms with E-state index in [4.69, 9.17) is 4.74 Å². The Morgan fingerprint density at radius 3 is 2.00 bits per heavy atom. The molecule has 0 saturated carbocycles. The molecule has 2 amide bonds. The van der Waals surface area contributed by atoms with Crippen LogP contribution in [-0.4, -0.2) is 79.3 Å². The fourth-order valence-corrected chi connectivity index (χ4v) is 2.91. The van der Waals surface area contributed by atoms with E-state index in [2.05, 4.69) is 18.7 Å². The van der Waals surface area contributed by atoms with Crippen molar-refractivity contribution in [1.29, 1.82) is 0 Å². The van der Waals surface area contributed by atoms with Crippen molar-refractivity contribution in [3.8, 4) is 0 Å². The van der Waals surface area contributed by atoms with Crippen molar-refractivity contribution in [3.63, 3.8) is 0 Å². The highest BCUT2D eigenvalue weighted by atomic mass is 16.5. The molecule has 2 aliphatic heterocycles. The van der Waals surface area contributed by atoms with Gasteiger partial charge >= 0.3 is 6.03 Å². The van der Waals surface area contributed by atoms with E-state index in [-0.39, 0.29) is 6.03 Å². The largest absolute Gasteiger partial charge is 0.381 e. The highest BCUT2D eigenvalue weighted by molar-refractivity contribution is 5.74. The number of hydrogen-bond donors (Lipinski definition) is 0. The minimum atomic E-state index is 0.220. The number of methoxy groups -OCH3 is 1. The molecule has 2 aliphatic rings. The van der Waals surface area contributed by atoms with Crippen LogP contribution < -0.4 is 0 Å². The van der Waals surface area contributed by atoms with E-state index in [1.54, 1.807) is 7.11 Å². The summed E-state index contributed by atoms with van der Waals surface area (Å²) >= 11 is 0. The van der Waals surface area contributed by atoms with Crippen molar-refractivity contribution >= 4 is 6.03 Å². The molecule has 19 heavy (non-hydrogen) atoms. The fourth-order valence-electron chi connectivity index (χ4n) is 2.91. The van der Waals surface area contributed by atoms with Crippen LogP contribution in [0.4, 0.5) is 4.79 Å². The van der Waals surface area contributed by atoms with Crippen LogP contribution in [0.25, 0.3) is 0 Å². The van der Waals surface area contributed by atoms with Crippen LogP contribution in [0, 0.1) is 0 Å². The maximum Gasteiger partial charge on any atom is 0.320 e. The average molecular weight is 269 g/mol. The zero-order valence-corrected chi connectivity index (χ0v) is 12.5. The van der Waals surface area contributed by atoms with Gasteiger partial charge in [0, 0.05) is 52.4 Å². The number of piperidine rings is 1. The Hall–Kier alpha value is -0.810. The minimum absolute atomic E-state index is 0.220. The Morgan fingerprint density at radius 1 is 1.00 bits per heavy atom. The number of urea groups is 1. The van der Waals surface area contributed by atoms with Crippen molar-refractivity contribution < 1.29 is 9.53 Å². The normalized spacial score (nSPS) is 23.2. The molecule has 5 nitrogen and oxygen atoms in total. The summed E-state index contributed by atoms with van der Waals surface area (Å²) in [4.78, 5) is 18.8. The predicted octanol–water partition coefficient (Wildman–Crippen LogP) is 1.24. The number of amides is 2. The smallest absolute Gasteiger partial charge is 0.320 e.